The van der Waals surface area contributed by atoms with Gasteiger partial charge in [-0.15, -0.1) is 11.3 Å². The van der Waals surface area contributed by atoms with Crippen molar-refractivity contribution in [1.82, 2.24) is 19.6 Å². The zero-order valence-corrected chi connectivity index (χ0v) is 9.48. The molecule has 0 amide bonds. The molecule has 0 bridgehead atoms. The Hall–Kier alpha value is -0.910. The number of rotatable bonds is 1. The molecule has 0 saturated heterocycles. The topological polar surface area (TPSA) is 44.8 Å². The van der Waals surface area contributed by atoms with Crippen molar-refractivity contribution in [2.24, 2.45) is 0 Å². The molecule has 0 aromatic carbocycles. The zero-order chi connectivity index (χ0) is 10.3. The van der Waals surface area contributed by atoms with E-state index in [1.165, 1.54) is 11.3 Å². The fourth-order valence-electron chi connectivity index (χ4n) is 1.80. The first-order chi connectivity index (χ1) is 7.34. The number of thiazole rings is 1. The van der Waals surface area contributed by atoms with Gasteiger partial charge in [-0.3, -0.25) is 10.1 Å². The Balaban J connectivity index is 2.07. The lowest BCUT2D eigenvalue weighted by molar-refractivity contribution is 0.427. The van der Waals surface area contributed by atoms with Gasteiger partial charge in [-0.1, -0.05) is 0 Å². The molecule has 3 rings (SSSR count). The van der Waals surface area contributed by atoms with Gasteiger partial charge in [0, 0.05) is 37.0 Å². The number of nitrogens with zero attached hydrogens (tertiary/aromatic N) is 3. The van der Waals surface area contributed by atoms with Gasteiger partial charge in [0.05, 0.1) is 10.4 Å². The molecule has 1 aliphatic heterocycles. The highest BCUT2D eigenvalue weighted by molar-refractivity contribution is 7.13. The van der Waals surface area contributed by atoms with Crippen LogP contribution in [-0.4, -0.2) is 26.1 Å². The third-order valence-corrected chi connectivity index (χ3v) is 3.62. The maximum Gasteiger partial charge on any atom is 0.108 e. The van der Waals surface area contributed by atoms with Gasteiger partial charge in [0.1, 0.15) is 5.69 Å². The van der Waals surface area contributed by atoms with E-state index in [9.17, 15) is 0 Å². The van der Waals surface area contributed by atoms with Crippen LogP contribution in [0.5, 0.6) is 0 Å². The summed E-state index contributed by atoms with van der Waals surface area (Å²) in [6.07, 6.45) is 2.78. The Morgan fingerprint density at radius 3 is 3.27 bits per heavy atom. The van der Waals surface area contributed by atoms with E-state index in [1.54, 1.807) is 15.8 Å². The SMILES string of the molecule is ClN1CCc2[nH]nc(-c3cncs3)c2C1. The van der Waals surface area contributed by atoms with Crippen LogP contribution >= 0.6 is 23.1 Å². The molecule has 1 N–H and O–H groups in total. The molecule has 3 heterocycles. The summed E-state index contributed by atoms with van der Waals surface area (Å²) in [7, 11) is 0. The second kappa shape index (κ2) is 3.59. The van der Waals surface area contributed by atoms with Crippen molar-refractivity contribution >= 4 is 23.1 Å². The molecule has 6 heteroatoms. The van der Waals surface area contributed by atoms with Gasteiger partial charge in [0.2, 0.25) is 0 Å². The fourth-order valence-corrected chi connectivity index (χ4v) is 2.64. The summed E-state index contributed by atoms with van der Waals surface area (Å²) in [4.78, 5) is 5.16. The average Bonchev–Trinajstić information content (AvgIpc) is 2.83. The van der Waals surface area contributed by atoms with E-state index in [0.717, 1.165) is 30.1 Å². The van der Waals surface area contributed by atoms with Crippen molar-refractivity contribution in [2.75, 3.05) is 6.54 Å². The normalized spacial score (nSPS) is 16.6. The van der Waals surface area contributed by atoms with Crippen LogP contribution in [0.3, 0.4) is 0 Å². The third-order valence-electron chi connectivity index (χ3n) is 2.55. The van der Waals surface area contributed by atoms with Crippen LogP contribution < -0.4 is 0 Å². The van der Waals surface area contributed by atoms with Gasteiger partial charge in [-0.2, -0.15) is 5.10 Å². The third kappa shape index (κ3) is 1.56. The average molecular weight is 241 g/mol. The summed E-state index contributed by atoms with van der Waals surface area (Å²) >= 11 is 7.61. The minimum absolute atomic E-state index is 0.751. The highest BCUT2D eigenvalue weighted by atomic mass is 35.5. The van der Waals surface area contributed by atoms with Crippen molar-refractivity contribution in [2.45, 2.75) is 13.0 Å². The molecule has 0 radical (unpaired) electrons. The molecule has 2 aromatic rings. The Morgan fingerprint density at radius 1 is 1.53 bits per heavy atom. The van der Waals surface area contributed by atoms with Gasteiger partial charge < -0.3 is 0 Å². The summed E-state index contributed by atoms with van der Waals surface area (Å²) in [6.45, 7) is 1.62. The van der Waals surface area contributed by atoms with Crippen molar-refractivity contribution in [3.63, 3.8) is 0 Å². The van der Waals surface area contributed by atoms with Gasteiger partial charge in [-0.05, 0) is 11.8 Å². The van der Waals surface area contributed by atoms with Gasteiger partial charge >= 0.3 is 0 Å². The molecular weight excluding hydrogens is 232 g/mol. The molecule has 0 saturated carbocycles. The monoisotopic (exact) mass is 240 g/mol. The van der Waals surface area contributed by atoms with Crippen molar-refractivity contribution in [3.8, 4) is 10.6 Å². The molecule has 78 valence electrons. The Labute approximate surface area is 96.0 Å². The van der Waals surface area contributed by atoms with E-state index >= 15 is 0 Å². The number of nitrogens with one attached hydrogen (secondary N) is 1. The second-order valence-corrected chi connectivity index (χ2v) is 4.85. The van der Waals surface area contributed by atoms with E-state index < -0.39 is 0 Å². The number of fused-ring (bicyclic) bond motifs is 1. The lowest BCUT2D eigenvalue weighted by Crippen LogP contribution is -2.21. The maximum atomic E-state index is 6.01. The lowest BCUT2D eigenvalue weighted by Gasteiger charge is -2.19. The highest BCUT2D eigenvalue weighted by Gasteiger charge is 2.22. The van der Waals surface area contributed by atoms with Crippen molar-refractivity contribution < 1.29 is 0 Å². The predicted octanol–water partition coefficient (Wildman–Crippen LogP) is 2.05. The fraction of sp³-hybridized carbons (Fsp3) is 0.333. The zero-order valence-electron chi connectivity index (χ0n) is 7.90. The van der Waals surface area contributed by atoms with Crippen LogP contribution in [0.2, 0.25) is 0 Å². The van der Waals surface area contributed by atoms with E-state index in [2.05, 4.69) is 15.2 Å². The molecule has 0 unspecified atom stereocenters. The van der Waals surface area contributed by atoms with Crippen LogP contribution in [0.4, 0.5) is 0 Å². The first kappa shape index (κ1) is 9.33. The number of hydrogen-bond donors (Lipinski definition) is 1. The first-order valence-corrected chi connectivity index (χ1v) is 5.92. The molecule has 0 atom stereocenters. The number of halogens is 1. The minimum Gasteiger partial charge on any atom is -0.282 e. The number of H-pyrrole nitrogens is 1. The summed E-state index contributed by atoms with van der Waals surface area (Å²) in [5.41, 5.74) is 5.23. The quantitative estimate of drug-likeness (QED) is 0.776. The Morgan fingerprint density at radius 2 is 2.47 bits per heavy atom. The number of aromatic amines is 1. The number of hydrogen-bond acceptors (Lipinski definition) is 4. The van der Waals surface area contributed by atoms with Crippen LogP contribution in [-0.2, 0) is 13.0 Å². The van der Waals surface area contributed by atoms with Gasteiger partial charge in [-0.25, -0.2) is 4.42 Å². The molecular formula is C9H9ClN4S. The first-order valence-electron chi connectivity index (χ1n) is 4.70. The smallest absolute Gasteiger partial charge is 0.108 e. The van der Waals surface area contributed by atoms with Crippen LogP contribution in [0, 0.1) is 0 Å². The van der Waals surface area contributed by atoms with E-state index in [0.29, 0.717) is 0 Å². The molecule has 15 heavy (non-hydrogen) atoms. The standard InChI is InChI=1S/C9H9ClN4S/c10-14-2-1-7-6(4-14)9(13-12-7)8-3-11-5-15-8/h3,5H,1-2,4H2,(H,12,13). The summed E-state index contributed by atoms with van der Waals surface area (Å²) in [5, 5.41) is 7.41. The van der Waals surface area contributed by atoms with Crippen molar-refractivity contribution in [1.29, 1.82) is 0 Å². The molecule has 0 spiro atoms. The summed E-state index contributed by atoms with van der Waals surface area (Å²) < 4.78 is 1.79. The molecule has 4 nitrogen and oxygen atoms in total. The largest absolute Gasteiger partial charge is 0.282 e. The second-order valence-electron chi connectivity index (χ2n) is 3.49. The lowest BCUT2D eigenvalue weighted by atomic mass is 10.1. The van der Waals surface area contributed by atoms with Crippen LogP contribution in [0.25, 0.3) is 10.6 Å². The van der Waals surface area contributed by atoms with E-state index in [4.69, 9.17) is 11.8 Å². The van der Waals surface area contributed by atoms with Crippen LogP contribution in [0.15, 0.2) is 11.7 Å². The minimum atomic E-state index is 0.751. The predicted molar refractivity (Wildman–Crippen MR) is 59.7 cm³/mol. The summed E-state index contributed by atoms with van der Waals surface area (Å²) in [5.74, 6) is 0. The van der Waals surface area contributed by atoms with E-state index in [-0.39, 0.29) is 0 Å². The molecule has 1 aliphatic rings. The highest BCUT2D eigenvalue weighted by Crippen LogP contribution is 2.30. The Kier molecular flexibility index (Phi) is 2.23. The molecule has 0 fully saturated rings. The van der Waals surface area contributed by atoms with Crippen molar-refractivity contribution in [3.05, 3.63) is 23.0 Å². The van der Waals surface area contributed by atoms with E-state index in [1.807, 2.05) is 11.7 Å². The van der Waals surface area contributed by atoms with Gasteiger partial charge in [0.15, 0.2) is 0 Å². The number of aromatic nitrogens is 3. The van der Waals surface area contributed by atoms with Gasteiger partial charge in [0.25, 0.3) is 0 Å². The summed E-state index contributed by atoms with van der Waals surface area (Å²) in [6, 6.07) is 0. The molecule has 0 aliphatic carbocycles. The van der Waals surface area contributed by atoms with Crippen LogP contribution in [0.1, 0.15) is 11.3 Å². The Bertz CT molecular complexity index is 464. The molecule has 2 aromatic heterocycles. The maximum absolute atomic E-state index is 6.01.